The quantitative estimate of drug-likeness (QED) is 0.460. The highest BCUT2D eigenvalue weighted by Crippen LogP contribution is 2.39. The van der Waals surface area contributed by atoms with Crippen LogP contribution in [0.2, 0.25) is 0 Å². The van der Waals surface area contributed by atoms with Crippen LogP contribution in [0.25, 0.3) is 0 Å². The summed E-state index contributed by atoms with van der Waals surface area (Å²) in [6.07, 6.45) is 10.0. The summed E-state index contributed by atoms with van der Waals surface area (Å²) in [6.45, 7) is 26.8. The fraction of sp³-hybridized carbons (Fsp3) is 1.00. The molecule has 0 nitrogen and oxygen atoms in total. The minimum absolute atomic E-state index is 0.852. The Bertz CT molecular complexity index is 220. The molecule has 0 saturated heterocycles. The second kappa shape index (κ2) is 20.3. The molecule has 3 atom stereocenters. The van der Waals surface area contributed by atoms with Gasteiger partial charge in [0.2, 0.25) is 0 Å². The lowest BCUT2D eigenvalue weighted by Gasteiger charge is -2.36. The first kappa shape index (κ1) is 29.8. The number of hydrogen-bond acceptors (Lipinski definition) is 0. The lowest BCUT2D eigenvalue weighted by Crippen LogP contribution is -2.25. The maximum absolute atomic E-state index is 2.48. The zero-order valence-corrected chi connectivity index (χ0v) is 20.4. The van der Waals surface area contributed by atoms with Gasteiger partial charge in [0, 0.05) is 0 Å². The van der Waals surface area contributed by atoms with E-state index in [2.05, 4.69) is 69.2 Å². The lowest BCUT2D eigenvalue weighted by atomic mass is 9.70. The van der Waals surface area contributed by atoms with Crippen LogP contribution < -0.4 is 0 Å². The molecule has 1 saturated carbocycles. The van der Waals surface area contributed by atoms with E-state index in [9.17, 15) is 0 Å². The van der Waals surface area contributed by atoms with Gasteiger partial charge in [0.05, 0.1) is 0 Å². The molecular weight excluding hydrogens is 300 g/mol. The van der Waals surface area contributed by atoms with Gasteiger partial charge in [0.15, 0.2) is 0 Å². The van der Waals surface area contributed by atoms with Crippen LogP contribution in [0, 0.1) is 35.5 Å². The zero-order valence-electron chi connectivity index (χ0n) is 20.4. The summed E-state index contributed by atoms with van der Waals surface area (Å²) in [7, 11) is 0. The second-order valence-electron chi connectivity index (χ2n) is 8.89. The topological polar surface area (TPSA) is 0 Å². The number of rotatable bonds is 5. The standard InChI is InChI=1S/C14H28.C6H14.C3H8.C2H6/c1-5-6-7-13-8-9-14(11(2)3)10-12(13)4;1-5(2)6(3)4;1-3-2;1-2/h11-14H,5-10H2,1-4H3;5-6H,1-4H3;3H2,1-2H3;1-2H3. The Kier molecular flexibility index (Phi) is 24.2. The third-order valence-electron chi connectivity index (χ3n) is 5.59. The van der Waals surface area contributed by atoms with Crippen molar-refractivity contribution in [3.05, 3.63) is 0 Å². The van der Waals surface area contributed by atoms with Crippen LogP contribution in [-0.4, -0.2) is 0 Å². The lowest BCUT2D eigenvalue weighted by molar-refractivity contribution is 0.150. The summed E-state index contributed by atoms with van der Waals surface area (Å²) in [6, 6.07) is 0. The minimum Gasteiger partial charge on any atom is -0.0683 e. The fourth-order valence-electron chi connectivity index (χ4n) is 3.00. The molecule has 1 rings (SSSR count). The van der Waals surface area contributed by atoms with Gasteiger partial charge in [0.25, 0.3) is 0 Å². The number of hydrogen-bond donors (Lipinski definition) is 0. The third kappa shape index (κ3) is 18.6. The molecule has 0 heteroatoms. The van der Waals surface area contributed by atoms with Gasteiger partial charge in [-0.3, -0.25) is 0 Å². The first-order valence-electron chi connectivity index (χ1n) is 11.7. The van der Waals surface area contributed by atoms with Crippen LogP contribution >= 0.6 is 0 Å². The third-order valence-corrected chi connectivity index (χ3v) is 5.59. The van der Waals surface area contributed by atoms with Crippen molar-refractivity contribution in [3.63, 3.8) is 0 Å². The van der Waals surface area contributed by atoms with Crippen molar-refractivity contribution in [2.45, 2.75) is 128 Å². The Balaban J connectivity index is -0.000000367. The van der Waals surface area contributed by atoms with E-state index in [1.54, 1.807) is 0 Å². The summed E-state index contributed by atoms with van der Waals surface area (Å²) >= 11 is 0. The fourth-order valence-corrected chi connectivity index (χ4v) is 3.00. The van der Waals surface area contributed by atoms with E-state index in [-0.39, 0.29) is 0 Å². The van der Waals surface area contributed by atoms with Crippen LogP contribution in [0.3, 0.4) is 0 Å². The Morgan fingerprint density at radius 2 is 1.24 bits per heavy atom. The average molecular weight is 357 g/mol. The van der Waals surface area contributed by atoms with Gasteiger partial charge in [-0.1, -0.05) is 109 Å². The maximum atomic E-state index is 2.48. The van der Waals surface area contributed by atoms with E-state index in [1.807, 2.05) is 13.8 Å². The molecule has 0 radical (unpaired) electrons. The van der Waals surface area contributed by atoms with Gasteiger partial charge in [-0.2, -0.15) is 0 Å². The van der Waals surface area contributed by atoms with Crippen molar-refractivity contribution in [1.82, 2.24) is 0 Å². The van der Waals surface area contributed by atoms with Gasteiger partial charge in [-0.25, -0.2) is 0 Å². The van der Waals surface area contributed by atoms with Gasteiger partial charge < -0.3 is 0 Å². The van der Waals surface area contributed by atoms with Crippen molar-refractivity contribution in [3.8, 4) is 0 Å². The molecule has 0 amide bonds. The van der Waals surface area contributed by atoms with Crippen LogP contribution in [0.5, 0.6) is 0 Å². The Labute approximate surface area is 164 Å². The predicted molar refractivity (Wildman–Crippen MR) is 121 cm³/mol. The minimum atomic E-state index is 0.852. The van der Waals surface area contributed by atoms with Crippen molar-refractivity contribution in [1.29, 1.82) is 0 Å². The molecule has 0 aliphatic heterocycles. The van der Waals surface area contributed by atoms with E-state index in [1.165, 1.54) is 44.9 Å². The van der Waals surface area contributed by atoms with Crippen LogP contribution in [-0.2, 0) is 0 Å². The molecule has 0 aromatic heterocycles. The van der Waals surface area contributed by atoms with Crippen molar-refractivity contribution in [2.24, 2.45) is 35.5 Å². The molecule has 0 aromatic rings. The molecule has 0 bridgehead atoms. The SMILES string of the molecule is CC.CC(C)C(C)C.CCC.CCCCC1CCC(C(C)C)CC1C. The highest BCUT2D eigenvalue weighted by atomic mass is 14.3. The predicted octanol–water partition coefficient (Wildman–Crippen LogP) is 9.63. The molecule has 0 aromatic carbocycles. The smallest absolute Gasteiger partial charge is 0.0388 e. The monoisotopic (exact) mass is 356 g/mol. The van der Waals surface area contributed by atoms with Crippen molar-refractivity contribution < 1.29 is 0 Å². The summed E-state index contributed by atoms with van der Waals surface area (Å²) in [4.78, 5) is 0. The Morgan fingerprint density at radius 3 is 1.52 bits per heavy atom. The van der Waals surface area contributed by atoms with Gasteiger partial charge in [-0.15, -0.1) is 0 Å². The first-order chi connectivity index (χ1) is 11.7. The summed E-state index contributed by atoms with van der Waals surface area (Å²) < 4.78 is 0. The summed E-state index contributed by atoms with van der Waals surface area (Å²) in [5.41, 5.74) is 0. The van der Waals surface area contributed by atoms with Crippen molar-refractivity contribution in [2.75, 3.05) is 0 Å². The molecule has 1 aliphatic rings. The van der Waals surface area contributed by atoms with E-state index in [4.69, 9.17) is 0 Å². The van der Waals surface area contributed by atoms with Gasteiger partial charge in [-0.05, 0) is 54.8 Å². The molecule has 1 aliphatic carbocycles. The van der Waals surface area contributed by atoms with Crippen LogP contribution in [0.15, 0.2) is 0 Å². The van der Waals surface area contributed by atoms with E-state index < -0.39 is 0 Å². The zero-order chi connectivity index (χ0) is 20.4. The molecule has 1 fully saturated rings. The van der Waals surface area contributed by atoms with Crippen LogP contribution in [0.4, 0.5) is 0 Å². The molecule has 0 N–H and O–H groups in total. The summed E-state index contributed by atoms with van der Waals surface area (Å²) in [5, 5.41) is 0. The highest BCUT2D eigenvalue weighted by Gasteiger charge is 2.28. The second-order valence-corrected chi connectivity index (χ2v) is 8.89. The normalized spacial score (nSPS) is 22.4. The maximum Gasteiger partial charge on any atom is -0.0388 e. The molecule has 25 heavy (non-hydrogen) atoms. The summed E-state index contributed by atoms with van der Waals surface area (Å²) in [5.74, 6) is 5.66. The molecule has 0 heterocycles. The largest absolute Gasteiger partial charge is 0.0683 e. The number of unbranched alkanes of at least 4 members (excludes halogenated alkanes) is 1. The average Bonchev–Trinajstić information content (AvgIpc) is 2.56. The first-order valence-corrected chi connectivity index (χ1v) is 11.7. The van der Waals surface area contributed by atoms with Gasteiger partial charge >= 0.3 is 0 Å². The Hall–Kier alpha value is 0. The molecule has 0 spiro atoms. The Morgan fingerprint density at radius 1 is 0.800 bits per heavy atom. The molecule has 156 valence electrons. The van der Waals surface area contributed by atoms with E-state index in [0.717, 1.165) is 35.5 Å². The van der Waals surface area contributed by atoms with E-state index in [0.29, 0.717) is 0 Å². The van der Waals surface area contributed by atoms with Crippen LogP contribution in [0.1, 0.15) is 128 Å². The molecule has 3 unspecified atom stereocenters. The molecular formula is C25H56. The highest BCUT2D eigenvalue weighted by molar-refractivity contribution is 4.79. The van der Waals surface area contributed by atoms with Gasteiger partial charge in [0.1, 0.15) is 0 Å². The van der Waals surface area contributed by atoms with Crippen molar-refractivity contribution >= 4 is 0 Å². The van der Waals surface area contributed by atoms with E-state index >= 15 is 0 Å².